The number of aryl methyl sites for hydroxylation is 1. The van der Waals surface area contributed by atoms with Crippen LogP contribution in [-0.2, 0) is 13.0 Å². The standard InChI is InChI=1S/C12H11N3O2S/c1-2-10-13-11(17-14-10)7-15-5-3-9-8(12(15)16)4-6-18-9/h3-6H,2,7H2,1H3. The Morgan fingerprint density at radius 3 is 3.11 bits per heavy atom. The molecule has 3 rings (SSSR count). The predicted molar refractivity (Wildman–Crippen MR) is 68.9 cm³/mol. The van der Waals surface area contributed by atoms with Gasteiger partial charge in [0.05, 0.1) is 5.39 Å². The molecule has 0 unspecified atom stereocenters. The highest BCUT2D eigenvalue weighted by molar-refractivity contribution is 7.17. The third-order valence-corrected chi connectivity index (χ3v) is 3.61. The van der Waals surface area contributed by atoms with Gasteiger partial charge in [-0.1, -0.05) is 12.1 Å². The van der Waals surface area contributed by atoms with Gasteiger partial charge in [-0.2, -0.15) is 4.98 Å². The molecule has 0 aliphatic carbocycles. The van der Waals surface area contributed by atoms with Crippen LogP contribution >= 0.6 is 11.3 Å². The van der Waals surface area contributed by atoms with E-state index in [9.17, 15) is 4.79 Å². The van der Waals surface area contributed by atoms with Crippen molar-refractivity contribution in [1.29, 1.82) is 0 Å². The molecule has 0 N–H and O–H groups in total. The molecule has 0 saturated carbocycles. The predicted octanol–water partition coefficient (Wildman–Crippen LogP) is 2.06. The van der Waals surface area contributed by atoms with Gasteiger partial charge in [0.2, 0.25) is 5.89 Å². The largest absolute Gasteiger partial charge is 0.337 e. The minimum Gasteiger partial charge on any atom is -0.337 e. The minimum atomic E-state index is -0.0231. The maximum Gasteiger partial charge on any atom is 0.259 e. The normalized spacial score (nSPS) is 11.2. The lowest BCUT2D eigenvalue weighted by atomic mass is 10.3. The van der Waals surface area contributed by atoms with Crippen molar-refractivity contribution < 1.29 is 4.52 Å². The van der Waals surface area contributed by atoms with Gasteiger partial charge in [-0.25, -0.2) is 0 Å². The van der Waals surface area contributed by atoms with Crippen LogP contribution in [0, 0.1) is 0 Å². The van der Waals surface area contributed by atoms with E-state index in [1.807, 2.05) is 24.4 Å². The van der Waals surface area contributed by atoms with Gasteiger partial charge in [0.15, 0.2) is 5.82 Å². The van der Waals surface area contributed by atoms with Crippen molar-refractivity contribution in [3.63, 3.8) is 0 Å². The van der Waals surface area contributed by atoms with Crippen molar-refractivity contribution in [2.45, 2.75) is 19.9 Å². The fourth-order valence-corrected chi connectivity index (χ4v) is 2.55. The lowest BCUT2D eigenvalue weighted by Gasteiger charge is -2.01. The van der Waals surface area contributed by atoms with Crippen molar-refractivity contribution in [2.24, 2.45) is 0 Å². The van der Waals surface area contributed by atoms with E-state index in [2.05, 4.69) is 10.1 Å². The van der Waals surface area contributed by atoms with E-state index >= 15 is 0 Å². The van der Waals surface area contributed by atoms with Crippen LogP contribution < -0.4 is 5.56 Å². The Balaban J connectivity index is 1.99. The quantitative estimate of drug-likeness (QED) is 0.724. The molecule has 0 bridgehead atoms. The molecule has 0 aromatic carbocycles. The van der Waals surface area contributed by atoms with E-state index in [0.29, 0.717) is 18.3 Å². The third kappa shape index (κ3) is 1.84. The zero-order chi connectivity index (χ0) is 12.5. The zero-order valence-corrected chi connectivity index (χ0v) is 10.6. The van der Waals surface area contributed by atoms with E-state index in [4.69, 9.17) is 4.52 Å². The number of hydrogen-bond donors (Lipinski definition) is 0. The Morgan fingerprint density at radius 1 is 1.44 bits per heavy atom. The van der Waals surface area contributed by atoms with Crippen LogP contribution in [0.3, 0.4) is 0 Å². The van der Waals surface area contributed by atoms with Gasteiger partial charge >= 0.3 is 0 Å². The van der Waals surface area contributed by atoms with Crippen LogP contribution in [0.25, 0.3) is 10.1 Å². The summed E-state index contributed by atoms with van der Waals surface area (Å²) in [6, 6.07) is 3.77. The SMILES string of the molecule is CCc1noc(Cn2ccc3sccc3c2=O)n1. The van der Waals surface area contributed by atoms with E-state index < -0.39 is 0 Å². The smallest absolute Gasteiger partial charge is 0.259 e. The molecular formula is C12H11N3O2S. The first-order chi connectivity index (χ1) is 8.78. The average Bonchev–Trinajstić information content (AvgIpc) is 3.01. The summed E-state index contributed by atoms with van der Waals surface area (Å²) in [6.45, 7) is 2.27. The molecule has 18 heavy (non-hydrogen) atoms. The maximum atomic E-state index is 12.2. The average molecular weight is 261 g/mol. The number of pyridine rings is 1. The van der Waals surface area contributed by atoms with Crippen LogP contribution in [-0.4, -0.2) is 14.7 Å². The summed E-state index contributed by atoms with van der Waals surface area (Å²) in [5.41, 5.74) is -0.0231. The van der Waals surface area contributed by atoms with E-state index in [0.717, 1.165) is 16.5 Å². The topological polar surface area (TPSA) is 60.9 Å². The monoisotopic (exact) mass is 261 g/mol. The van der Waals surface area contributed by atoms with Gasteiger partial charge in [-0.15, -0.1) is 11.3 Å². The summed E-state index contributed by atoms with van der Waals surface area (Å²) >= 11 is 1.56. The molecule has 0 spiro atoms. The molecule has 3 heterocycles. The van der Waals surface area contributed by atoms with Crippen molar-refractivity contribution in [2.75, 3.05) is 0 Å². The van der Waals surface area contributed by atoms with Crippen molar-refractivity contribution >= 4 is 21.4 Å². The summed E-state index contributed by atoms with van der Waals surface area (Å²) in [4.78, 5) is 16.3. The van der Waals surface area contributed by atoms with Crippen molar-refractivity contribution in [1.82, 2.24) is 14.7 Å². The first-order valence-corrected chi connectivity index (χ1v) is 6.54. The Labute approximate surface area is 107 Å². The Kier molecular flexibility index (Phi) is 2.71. The Hall–Kier alpha value is -1.95. The number of fused-ring (bicyclic) bond motifs is 1. The molecule has 3 aromatic rings. The second kappa shape index (κ2) is 4.38. The fourth-order valence-electron chi connectivity index (χ4n) is 1.78. The molecule has 92 valence electrons. The highest BCUT2D eigenvalue weighted by Gasteiger charge is 2.08. The van der Waals surface area contributed by atoms with Gasteiger partial charge in [0.25, 0.3) is 5.56 Å². The van der Waals surface area contributed by atoms with E-state index in [1.54, 1.807) is 22.1 Å². The zero-order valence-electron chi connectivity index (χ0n) is 9.79. The first-order valence-electron chi connectivity index (χ1n) is 5.66. The van der Waals surface area contributed by atoms with Gasteiger partial charge in [0, 0.05) is 17.3 Å². The molecule has 0 fully saturated rings. The number of aromatic nitrogens is 3. The molecule has 0 amide bonds. The third-order valence-electron chi connectivity index (χ3n) is 2.72. The van der Waals surface area contributed by atoms with Crippen LogP contribution in [0.2, 0.25) is 0 Å². The summed E-state index contributed by atoms with van der Waals surface area (Å²) in [7, 11) is 0. The molecule has 0 atom stereocenters. The Morgan fingerprint density at radius 2 is 2.33 bits per heavy atom. The van der Waals surface area contributed by atoms with Crippen LogP contribution in [0.1, 0.15) is 18.6 Å². The van der Waals surface area contributed by atoms with Gasteiger partial charge in [-0.05, 0) is 17.5 Å². The first kappa shape index (κ1) is 11.2. The van der Waals surface area contributed by atoms with Gasteiger partial charge in [0.1, 0.15) is 6.54 Å². The minimum absolute atomic E-state index is 0.0231. The summed E-state index contributed by atoms with van der Waals surface area (Å²) < 4.78 is 7.67. The highest BCUT2D eigenvalue weighted by atomic mass is 32.1. The molecule has 0 radical (unpaired) electrons. The second-order valence-electron chi connectivity index (χ2n) is 3.91. The Bertz CT molecular complexity index is 741. The lowest BCUT2D eigenvalue weighted by Crippen LogP contribution is -2.19. The lowest BCUT2D eigenvalue weighted by molar-refractivity contribution is 0.365. The van der Waals surface area contributed by atoms with Crippen molar-refractivity contribution in [3.05, 3.63) is 45.8 Å². The van der Waals surface area contributed by atoms with Gasteiger partial charge in [-0.3, -0.25) is 4.79 Å². The number of hydrogen-bond acceptors (Lipinski definition) is 5. The second-order valence-corrected chi connectivity index (χ2v) is 4.85. The molecule has 3 aromatic heterocycles. The van der Waals surface area contributed by atoms with Crippen molar-refractivity contribution in [3.8, 4) is 0 Å². The number of thiophene rings is 1. The fraction of sp³-hybridized carbons (Fsp3) is 0.250. The summed E-state index contributed by atoms with van der Waals surface area (Å²) in [5.74, 6) is 1.12. The van der Waals surface area contributed by atoms with E-state index in [1.165, 1.54) is 0 Å². The molecule has 0 saturated heterocycles. The molecule has 6 heteroatoms. The molecule has 0 aliphatic rings. The highest BCUT2D eigenvalue weighted by Crippen LogP contribution is 2.16. The van der Waals surface area contributed by atoms with Gasteiger partial charge < -0.3 is 9.09 Å². The summed E-state index contributed by atoms with van der Waals surface area (Å²) in [6.07, 6.45) is 2.49. The summed E-state index contributed by atoms with van der Waals surface area (Å²) in [5, 5.41) is 6.46. The molecule has 0 aliphatic heterocycles. The molecular weight excluding hydrogens is 250 g/mol. The van der Waals surface area contributed by atoms with Crippen LogP contribution in [0.5, 0.6) is 0 Å². The van der Waals surface area contributed by atoms with E-state index in [-0.39, 0.29) is 5.56 Å². The number of nitrogens with zero attached hydrogens (tertiary/aromatic N) is 3. The van der Waals surface area contributed by atoms with Crippen LogP contribution in [0.15, 0.2) is 33.0 Å². The maximum absolute atomic E-state index is 12.2. The molecule has 5 nitrogen and oxygen atoms in total. The van der Waals surface area contributed by atoms with Crippen LogP contribution in [0.4, 0.5) is 0 Å². The number of rotatable bonds is 3.